The Hall–Kier alpha value is -5.06. The molecule has 6 aromatic rings. The number of thiophene rings is 1. The minimum Gasteiger partial charge on any atom is -0.492 e. The number of likely N-dealkylation sites (N-methyl/N-ethyl adjacent to an activating group) is 1. The molecule has 0 bridgehead atoms. The monoisotopic (exact) mass is 603 g/mol. The Morgan fingerprint density at radius 1 is 1.00 bits per heavy atom. The Balaban J connectivity index is 1.31. The number of pyridine rings is 1. The molecule has 0 aliphatic rings. The average molecular weight is 604 g/mol. The van der Waals surface area contributed by atoms with Crippen LogP contribution in [-0.4, -0.2) is 57.6 Å². The normalized spacial score (nSPS) is 11.2. The Kier molecular flexibility index (Phi) is 8.62. The molecule has 1 amide bonds. The van der Waals surface area contributed by atoms with E-state index in [1.807, 2.05) is 104 Å². The topological polar surface area (TPSA) is 96.7 Å². The zero-order valence-electron chi connectivity index (χ0n) is 24.8. The minimum atomic E-state index is -0.0610. The summed E-state index contributed by atoms with van der Waals surface area (Å²) >= 11 is 1.57. The number of ether oxygens (including phenoxy) is 1. The summed E-state index contributed by atoms with van der Waals surface area (Å²) in [7, 11) is 4.04. The molecule has 0 saturated heterocycles. The molecule has 9 nitrogen and oxygen atoms in total. The van der Waals surface area contributed by atoms with Crippen molar-refractivity contribution in [1.82, 2.24) is 24.5 Å². The van der Waals surface area contributed by atoms with Gasteiger partial charge in [0, 0.05) is 46.8 Å². The number of fused-ring (bicyclic) bond motifs is 1. The molecule has 0 atom stereocenters. The van der Waals surface area contributed by atoms with Crippen molar-refractivity contribution in [3.05, 3.63) is 107 Å². The van der Waals surface area contributed by atoms with E-state index in [4.69, 9.17) is 14.8 Å². The lowest BCUT2D eigenvalue weighted by Crippen LogP contribution is -2.19. The Morgan fingerprint density at radius 2 is 1.86 bits per heavy atom. The van der Waals surface area contributed by atoms with Crippen LogP contribution in [0, 0.1) is 6.92 Å². The number of anilines is 3. The van der Waals surface area contributed by atoms with Crippen molar-refractivity contribution >= 4 is 40.1 Å². The Morgan fingerprint density at radius 3 is 2.70 bits per heavy atom. The molecule has 4 heterocycles. The largest absolute Gasteiger partial charge is 0.492 e. The molecule has 0 radical (unpaired) electrons. The average Bonchev–Trinajstić information content (AvgIpc) is 3.65. The molecular weight excluding hydrogens is 570 g/mol. The van der Waals surface area contributed by atoms with E-state index >= 15 is 0 Å². The number of carbonyl (C=O) groups is 1. The van der Waals surface area contributed by atoms with Crippen molar-refractivity contribution in [2.45, 2.75) is 13.3 Å². The van der Waals surface area contributed by atoms with Gasteiger partial charge in [0.25, 0.3) is 0 Å². The van der Waals surface area contributed by atoms with Gasteiger partial charge in [0.05, 0.1) is 23.2 Å². The predicted octanol–water partition coefficient (Wildman–Crippen LogP) is 6.69. The van der Waals surface area contributed by atoms with Gasteiger partial charge in [-0.05, 0) is 74.4 Å². The highest BCUT2D eigenvalue weighted by Crippen LogP contribution is 2.36. The standard InChI is InChI=1S/C34H33N7O2S/c1-23-12-13-30-32(29-14-15-35-34(38-29)37-26-9-5-10-27(20-26)43-17-16-40(2)3)33(39-41(30)22-23)24-7-4-8-25(19-24)36-31(42)21-28-11-6-18-44-28/h4-15,18-20,22H,16-17,21H2,1-3H3,(H,36,42)(H,35,37,38). The SMILES string of the molecule is Cc1ccc2c(-c3ccnc(Nc4cccc(OCCN(C)C)c4)n3)c(-c3cccc(NC(=O)Cc4cccs4)c3)nn2c1. The van der Waals surface area contributed by atoms with Gasteiger partial charge in [0.15, 0.2) is 0 Å². The molecule has 2 aromatic carbocycles. The van der Waals surface area contributed by atoms with Crippen LogP contribution in [0.2, 0.25) is 0 Å². The van der Waals surface area contributed by atoms with Crippen LogP contribution in [0.5, 0.6) is 5.75 Å². The lowest BCUT2D eigenvalue weighted by Gasteiger charge is -2.12. The van der Waals surface area contributed by atoms with Gasteiger partial charge < -0.3 is 20.3 Å². The zero-order chi connectivity index (χ0) is 30.5. The fraction of sp³-hybridized carbons (Fsp3) is 0.176. The first-order valence-electron chi connectivity index (χ1n) is 14.3. The van der Waals surface area contributed by atoms with E-state index in [-0.39, 0.29) is 5.91 Å². The smallest absolute Gasteiger partial charge is 0.229 e. The highest BCUT2D eigenvalue weighted by Gasteiger charge is 2.19. The summed E-state index contributed by atoms with van der Waals surface area (Å²) in [4.78, 5) is 25.2. The molecule has 4 aromatic heterocycles. The van der Waals surface area contributed by atoms with Gasteiger partial charge in [-0.1, -0.05) is 30.3 Å². The van der Waals surface area contributed by atoms with Gasteiger partial charge in [-0.25, -0.2) is 14.5 Å². The molecule has 10 heteroatoms. The first-order valence-corrected chi connectivity index (χ1v) is 15.2. The number of benzene rings is 2. The van der Waals surface area contributed by atoms with Crippen molar-refractivity contribution < 1.29 is 9.53 Å². The lowest BCUT2D eigenvalue weighted by atomic mass is 10.0. The van der Waals surface area contributed by atoms with Crippen LogP contribution >= 0.6 is 11.3 Å². The third-order valence-electron chi connectivity index (χ3n) is 6.92. The number of aromatic nitrogens is 4. The maximum atomic E-state index is 12.7. The highest BCUT2D eigenvalue weighted by atomic mass is 32.1. The summed E-state index contributed by atoms with van der Waals surface area (Å²) in [6.07, 6.45) is 4.07. The first-order chi connectivity index (χ1) is 21.4. The van der Waals surface area contributed by atoms with Crippen LogP contribution in [0.15, 0.2) is 96.6 Å². The molecule has 0 fully saturated rings. The number of nitrogens with one attached hydrogen (secondary N) is 2. The number of hydrogen-bond acceptors (Lipinski definition) is 8. The second-order valence-electron chi connectivity index (χ2n) is 10.7. The van der Waals surface area contributed by atoms with E-state index in [0.29, 0.717) is 24.7 Å². The van der Waals surface area contributed by atoms with E-state index in [9.17, 15) is 4.79 Å². The van der Waals surface area contributed by atoms with Gasteiger partial charge in [-0.2, -0.15) is 5.10 Å². The van der Waals surface area contributed by atoms with Crippen LogP contribution in [0.1, 0.15) is 10.4 Å². The second-order valence-corrected chi connectivity index (χ2v) is 11.7. The minimum absolute atomic E-state index is 0.0610. The van der Waals surface area contributed by atoms with E-state index in [1.54, 1.807) is 17.5 Å². The van der Waals surface area contributed by atoms with Crippen molar-refractivity contribution in [1.29, 1.82) is 0 Å². The molecule has 0 aliphatic carbocycles. The molecule has 0 spiro atoms. The number of hydrogen-bond donors (Lipinski definition) is 2. The van der Waals surface area contributed by atoms with E-state index < -0.39 is 0 Å². The molecule has 0 unspecified atom stereocenters. The lowest BCUT2D eigenvalue weighted by molar-refractivity contribution is -0.115. The van der Waals surface area contributed by atoms with E-state index in [0.717, 1.165) is 56.5 Å². The molecule has 0 aliphatic heterocycles. The fourth-order valence-corrected chi connectivity index (χ4v) is 5.53. The van der Waals surface area contributed by atoms with Gasteiger partial charge in [0.2, 0.25) is 11.9 Å². The fourth-order valence-electron chi connectivity index (χ4n) is 4.82. The van der Waals surface area contributed by atoms with E-state index in [2.05, 4.69) is 32.7 Å². The number of rotatable bonds is 11. The van der Waals surface area contributed by atoms with Gasteiger partial charge in [-0.15, -0.1) is 11.3 Å². The van der Waals surface area contributed by atoms with Crippen molar-refractivity contribution in [2.75, 3.05) is 37.9 Å². The zero-order valence-corrected chi connectivity index (χ0v) is 25.6. The number of aryl methyl sites for hydroxylation is 1. The van der Waals surface area contributed by atoms with Crippen LogP contribution in [0.25, 0.3) is 28.0 Å². The van der Waals surface area contributed by atoms with Crippen molar-refractivity contribution in [2.24, 2.45) is 0 Å². The van der Waals surface area contributed by atoms with Gasteiger partial charge >= 0.3 is 0 Å². The summed E-state index contributed by atoms with van der Waals surface area (Å²) in [5.74, 6) is 1.17. The van der Waals surface area contributed by atoms with Crippen LogP contribution < -0.4 is 15.4 Å². The predicted molar refractivity (Wildman–Crippen MR) is 177 cm³/mol. The van der Waals surface area contributed by atoms with Gasteiger partial charge in [-0.3, -0.25) is 4.79 Å². The molecular formula is C34H33N7O2S. The third kappa shape index (κ3) is 6.94. The Labute approximate surface area is 260 Å². The van der Waals surface area contributed by atoms with Crippen LogP contribution in [0.4, 0.5) is 17.3 Å². The number of carbonyl (C=O) groups excluding carboxylic acids is 1. The number of nitrogens with zero attached hydrogens (tertiary/aromatic N) is 5. The van der Waals surface area contributed by atoms with Crippen molar-refractivity contribution in [3.8, 4) is 28.3 Å². The maximum absolute atomic E-state index is 12.7. The summed E-state index contributed by atoms with van der Waals surface area (Å²) < 4.78 is 7.78. The van der Waals surface area contributed by atoms with E-state index in [1.165, 1.54) is 0 Å². The molecule has 0 saturated carbocycles. The van der Waals surface area contributed by atoms with Crippen LogP contribution in [-0.2, 0) is 11.2 Å². The summed E-state index contributed by atoms with van der Waals surface area (Å²) in [5, 5.41) is 13.3. The summed E-state index contributed by atoms with van der Waals surface area (Å²) in [6, 6.07) is 25.5. The molecule has 44 heavy (non-hydrogen) atoms. The third-order valence-corrected chi connectivity index (χ3v) is 7.80. The highest BCUT2D eigenvalue weighted by molar-refractivity contribution is 7.10. The summed E-state index contributed by atoms with van der Waals surface area (Å²) in [6.45, 7) is 3.46. The molecule has 222 valence electrons. The van der Waals surface area contributed by atoms with Crippen molar-refractivity contribution in [3.63, 3.8) is 0 Å². The first kappa shape index (κ1) is 29.0. The molecule has 6 rings (SSSR count). The van der Waals surface area contributed by atoms with Crippen LogP contribution in [0.3, 0.4) is 0 Å². The molecule has 2 N–H and O–H groups in total. The van der Waals surface area contributed by atoms with Gasteiger partial charge in [0.1, 0.15) is 18.1 Å². The Bertz CT molecular complexity index is 1900. The second kappa shape index (κ2) is 13.1. The summed E-state index contributed by atoms with van der Waals surface area (Å²) in [5.41, 5.74) is 6.76. The quantitative estimate of drug-likeness (QED) is 0.170. The number of amides is 1. The maximum Gasteiger partial charge on any atom is 0.229 e.